The van der Waals surface area contributed by atoms with Gasteiger partial charge >= 0.3 is 5.97 Å². The number of aryl methyl sites for hydroxylation is 1. The highest BCUT2D eigenvalue weighted by atomic mass is 16.5. The highest BCUT2D eigenvalue weighted by Crippen LogP contribution is 2.04. The monoisotopic (exact) mass is 211 g/mol. The van der Waals surface area contributed by atoms with Crippen LogP contribution in [0.1, 0.15) is 5.82 Å². The van der Waals surface area contributed by atoms with E-state index < -0.39 is 12.0 Å². The van der Waals surface area contributed by atoms with Gasteiger partial charge in [0.1, 0.15) is 17.7 Å². The van der Waals surface area contributed by atoms with Crippen LogP contribution in [0.25, 0.3) is 0 Å². The molecular formula is C9H13N3O3. The number of nitrogens with one attached hydrogen (secondary N) is 1. The first-order valence-corrected chi connectivity index (χ1v) is 4.42. The van der Waals surface area contributed by atoms with E-state index in [1.807, 2.05) is 0 Å². The number of hydrogen-bond acceptors (Lipinski definition) is 6. The Balaban J connectivity index is 2.70. The molecule has 1 rings (SSSR count). The summed E-state index contributed by atoms with van der Waals surface area (Å²) in [7, 11) is 1.26. The maximum absolute atomic E-state index is 11.1. The van der Waals surface area contributed by atoms with Crippen LogP contribution in [-0.2, 0) is 9.53 Å². The zero-order valence-corrected chi connectivity index (χ0v) is 8.60. The molecule has 1 unspecified atom stereocenters. The minimum absolute atomic E-state index is 0.351. The van der Waals surface area contributed by atoms with E-state index in [0.29, 0.717) is 11.6 Å². The Kier molecular flexibility index (Phi) is 3.99. The number of ether oxygens (including phenoxy) is 1. The maximum atomic E-state index is 11.1. The molecule has 82 valence electrons. The van der Waals surface area contributed by atoms with Crippen molar-refractivity contribution < 1.29 is 14.6 Å². The lowest BCUT2D eigenvalue weighted by molar-refractivity contribution is -0.142. The molecule has 0 saturated carbocycles. The Morgan fingerprint density at radius 1 is 1.73 bits per heavy atom. The molecule has 0 spiro atoms. The van der Waals surface area contributed by atoms with Gasteiger partial charge in [0, 0.05) is 6.20 Å². The average Bonchev–Trinajstić information content (AvgIpc) is 2.25. The smallest absolute Gasteiger partial charge is 0.330 e. The van der Waals surface area contributed by atoms with Gasteiger partial charge < -0.3 is 15.2 Å². The van der Waals surface area contributed by atoms with Crippen molar-refractivity contribution in [3.63, 3.8) is 0 Å². The highest BCUT2D eigenvalue weighted by molar-refractivity contribution is 5.78. The molecule has 0 aliphatic rings. The maximum Gasteiger partial charge on any atom is 0.330 e. The summed E-state index contributed by atoms with van der Waals surface area (Å²) in [5.41, 5.74) is 0. The summed E-state index contributed by atoms with van der Waals surface area (Å²) >= 11 is 0. The number of esters is 1. The third-order valence-corrected chi connectivity index (χ3v) is 1.77. The lowest BCUT2D eigenvalue weighted by Crippen LogP contribution is -2.34. The molecule has 2 N–H and O–H groups in total. The molecule has 0 saturated heterocycles. The molecule has 1 aromatic rings. The number of aromatic nitrogens is 2. The first-order chi connectivity index (χ1) is 7.17. The Morgan fingerprint density at radius 2 is 2.47 bits per heavy atom. The second-order valence-electron chi connectivity index (χ2n) is 2.89. The molecule has 15 heavy (non-hydrogen) atoms. The molecule has 0 aliphatic heterocycles. The van der Waals surface area contributed by atoms with E-state index in [1.54, 1.807) is 19.2 Å². The van der Waals surface area contributed by atoms with Crippen LogP contribution in [0.3, 0.4) is 0 Å². The number of methoxy groups -OCH3 is 1. The predicted octanol–water partition coefficient (Wildman–Crippen LogP) is -0.269. The van der Waals surface area contributed by atoms with Crippen molar-refractivity contribution >= 4 is 11.8 Å². The molecule has 6 nitrogen and oxygen atoms in total. The topological polar surface area (TPSA) is 84.3 Å². The number of carbonyl (C=O) groups excluding carboxylic acids is 1. The average molecular weight is 211 g/mol. The van der Waals surface area contributed by atoms with Crippen LogP contribution >= 0.6 is 0 Å². The number of nitrogens with zero attached hydrogens (tertiary/aromatic N) is 2. The standard InChI is InChI=1S/C9H13N3O3/c1-6-10-4-3-8(11-6)12-7(5-13)9(14)15-2/h3-4,7,13H,5H2,1-2H3,(H,10,11,12). The van der Waals surface area contributed by atoms with Gasteiger partial charge in [-0.25, -0.2) is 14.8 Å². The summed E-state index contributed by atoms with van der Waals surface area (Å²) in [6.07, 6.45) is 1.57. The minimum Gasteiger partial charge on any atom is -0.467 e. The zero-order chi connectivity index (χ0) is 11.3. The van der Waals surface area contributed by atoms with Crippen LogP contribution in [-0.4, -0.2) is 40.8 Å². The fourth-order valence-corrected chi connectivity index (χ4v) is 1.04. The third kappa shape index (κ3) is 3.17. The van der Waals surface area contributed by atoms with Gasteiger partial charge in [0.05, 0.1) is 13.7 Å². The van der Waals surface area contributed by atoms with Crippen molar-refractivity contribution in [3.05, 3.63) is 18.1 Å². The Morgan fingerprint density at radius 3 is 3.00 bits per heavy atom. The van der Waals surface area contributed by atoms with Crippen LogP contribution < -0.4 is 5.32 Å². The molecule has 0 amide bonds. The molecule has 0 bridgehead atoms. The SMILES string of the molecule is COC(=O)C(CO)Nc1ccnc(C)n1. The predicted molar refractivity (Wildman–Crippen MR) is 53.3 cm³/mol. The Bertz CT molecular complexity index is 343. The van der Waals surface area contributed by atoms with E-state index in [9.17, 15) is 4.79 Å². The van der Waals surface area contributed by atoms with Gasteiger partial charge in [-0.15, -0.1) is 0 Å². The molecule has 0 aromatic carbocycles. The van der Waals surface area contributed by atoms with E-state index in [1.165, 1.54) is 7.11 Å². The van der Waals surface area contributed by atoms with E-state index in [-0.39, 0.29) is 6.61 Å². The first kappa shape index (κ1) is 11.4. The fourth-order valence-electron chi connectivity index (χ4n) is 1.04. The second kappa shape index (κ2) is 5.26. The summed E-state index contributed by atoms with van der Waals surface area (Å²) in [6.45, 7) is 1.38. The lowest BCUT2D eigenvalue weighted by Gasteiger charge is -2.14. The van der Waals surface area contributed by atoms with Crippen molar-refractivity contribution in [3.8, 4) is 0 Å². The Hall–Kier alpha value is -1.69. The number of aliphatic hydroxyl groups is 1. The third-order valence-electron chi connectivity index (χ3n) is 1.77. The van der Waals surface area contributed by atoms with Gasteiger partial charge in [0.25, 0.3) is 0 Å². The largest absolute Gasteiger partial charge is 0.467 e. The first-order valence-electron chi connectivity index (χ1n) is 4.42. The second-order valence-corrected chi connectivity index (χ2v) is 2.89. The Labute approximate surface area is 87.3 Å². The number of carbonyl (C=O) groups is 1. The van der Waals surface area contributed by atoms with Crippen LogP contribution in [0.4, 0.5) is 5.82 Å². The summed E-state index contributed by atoms with van der Waals surface area (Å²) in [4.78, 5) is 19.1. The zero-order valence-electron chi connectivity index (χ0n) is 8.60. The summed E-state index contributed by atoms with van der Waals surface area (Å²) in [5.74, 6) is 0.530. The van der Waals surface area contributed by atoms with Gasteiger partial charge in [0.15, 0.2) is 0 Å². The summed E-state index contributed by atoms with van der Waals surface area (Å²) in [5, 5.41) is 11.7. The molecule has 0 aliphatic carbocycles. The van der Waals surface area contributed by atoms with E-state index in [0.717, 1.165) is 0 Å². The molecular weight excluding hydrogens is 198 g/mol. The van der Waals surface area contributed by atoms with Crippen molar-refractivity contribution in [1.29, 1.82) is 0 Å². The van der Waals surface area contributed by atoms with Gasteiger partial charge in [-0.2, -0.15) is 0 Å². The van der Waals surface area contributed by atoms with Crippen LogP contribution in [0.2, 0.25) is 0 Å². The molecule has 1 heterocycles. The number of rotatable bonds is 4. The van der Waals surface area contributed by atoms with Crippen LogP contribution in [0.5, 0.6) is 0 Å². The van der Waals surface area contributed by atoms with E-state index >= 15 is 0 Å². The molecule has 1 atom stereocenters. The number of anilines is 1. The fraction of sp³-hybridized carbons (Fsp3) is 0.444. The lowest BCUT2D eigenvalue weighted by atomic mass is 10.3. The van der Waals surface area contributed by atoms with Crippen LogP contribution in [0.15, 0.2) is 12.3 Å². The van der Waals surface area contributed by atoms with Crippen molar-refractivity contribution in [2.75, 3.05) is 19.0 Å². The van der Waals surface area contributed by atoms with Crippen molar-refractivity contribution in [2.45, 2.75) is 13.0 Å². The number of aliphatic hydroxyl groups excluding tert-OH is 1. The van der Waals surface area contributed by atoms with E-state index in [2.05, 4.69) is 20.0 Å². The quantitative estimate of drug-likeness (QED) is 0.667. The van der Waals surface area contributed by atoms with Gasteiger partial charge in [-0.1, -0.05) is 0 Å². The molecule has 0 radical (unpaired) electrons. The summed E-state index contributed by atoms with van der Waals surface area (Å²) < 4.78 is 4.50. The number of hydrogen-bond donors (Lipinski definition) is 2. The van der Waals surface area contributed by atoms with E-state index in [4.69, 9.17) is 5.11 Å². The summed E-state index contributed by atoms with van der Waals surface area (Å²) in [6, 6.07) is 0.808. The highest BCUT2D eigenvalue weighted by Gasteiger charge is 2.17. The van der Waals surface area contributed by atoms with Crippen LogP contribution in [0, 0.1) is 6.92 Å². The molecule has 1 aromatic heterocycles. The van der Waals surface area contributed by atoms with Gasteiger partial charge in [-0.05, 0) is 13.0 Å². The minimum atomic E-state index is -0.802. The molecule has 0 fully saturated rings. The van der Waals surface area contributed by atoms with Crippen molar-refractivity contribution in [2.24, 2.45) is 0 Å². The normalized spacial score (nSPS) is 11.9. The van der Waals surface area contributed by atoms with Gasteiger partial charge in [0.2, 0.25) is 0 Å². The van der Waals surface area contributed by atoms with Crippen molar-refractivity contribution in [1.82, 2.24) is 9.97 Å². The molecule has 6 heteroatoms. The van der Waals surface area contributed by atoms with Gasteiger partial charge in [-0.3, -0.25) is 0 Å².